The molecule has 0 bridgehead atoms. The van der Waals surface area contributed by atoms with E-state index in [0.29, 0.717) is 6.04 Å². The number of nitrogens with one attached hydrogen (secondary N) is 1. The SMILES string of the molecule is CCCNC(CN1CCN(CCN(C)C)CC1)C(C)CC. The highest BCUT2D eigenvalue weighted by Crippen LogP contribution is 2.11. The van der Waals surface area contributed by atoms with Crippen molar-refractivity contribution in [2.45, 2.75) is 39.7 Å². The minimum atomic E-state index is 0.656. The summed E-state index contributed by atoms with van der Waals surface area (Å²) in [5, 5.41) is 3.76. The van der Waals surface area contributed by atoms with Gasteiger partial charge in [0.1, 0.15) is 0 Å². The second kappa shape index (κ2) is 10.5. The van der Waals surface area contributed by atoms with Crippen molar-refractivity contribution in [3.05, 3.63) is 0 Å². The quantitative estimate of drug-likeness (QED) is 0.661. The van der Waals surface area contributed by atoms with Crippen molar-refractivity contribution in [3.63, 3.8) is 0 Å². The standard InChI is InChI=1S/C17H38N4/c1-6-8-18-17(16(3)7-2)15-21-13-11-20(12-14-21)10-9-19(4)5/h16-18H,6-15H2,1-5H3. The van der Waals surface area contributed by atoms with Gasteiger partial charge in [0.25, 0.3) is 0 Å². The van der Waals surface area contributed by atoms with Crippen LogP contribution in [0.1, 0.15) is 33.6 Å². The van der Waals surface area contributed by atoms with E-state index in [1.54, 1.807) is 0 Å². The third-order valence-corrected chi connectivity index (χ3v) is 4.77. The maximum absolute atomic E-state index is 3.76. The monoisotopic (exact) mass is 298 g/mol. The third-order valence-electron chi connectivity index (χ3n) is 4.77. The fraction of sp³-hybridized carbons (Fsp3) is 1.00. The molecular formula is C17H38N4. The van der Waals surface area contributed by atoms with Gasteiger partial charge in [0.15, 0.2) is 0 Å². The Morgan fingerprint density at radius 1 is 1.05 bits per heavy atom. The van der Waals surface area contributed by atoms with Gasteiger partial charge in [0, 0.05) is 51.9 Å². The minimum Gasteiger partial charge on any atom is -0.312 e. The van der Waals surface area contributed by atoms with Crippen molar-refractivity contribution in [2.24, 2.45) is 5.92 Å². The Labute approximate surface area is 132 Å². The molecule has 0 aromatic carbocycles. The van der Waals surface area contributed by atoms with Crippen LogP contribution in [0.3, 0.4) is 0 Å². The molecule has 0 aromatic heterocycles. The Hall–Kier alpha value is -0.160. The number of hydrogen-bond donors (Lipinski definition) is 1. The lowest BCUT2D eigenvalue weighted by Crippen LogP contribution is -2.52. The maximum Gasteiger partial charge on any atom is 0.0220 e. The van der Waals surface area contributed by atoms with E-state index in [1.807, 2.05) is 0 Å². The van der Waals surface area contributed by atoms with Gasteiger partial charge in [0.05, 0.1) is 0 Å². The average Bonchev–Trinajstić information content (AvgIpc) is 2.49. The number of likely N-dealkylation sites (N-methyl/N-ethyl adjacent to an activating group) is 1. The highest BCUT2D eigenvalue weighted by Gasteiger charge is 2.22. The van der Waals surface area contributed by atoms with E-state index in [1.165, 1.54) is 58.7 Å². The van der Waals surface area contributed by atoms with Gasteiger partial charge in [-0.3, -0.25) is 9.80 Å². The first kappa shape index (κ1) is 18.9. The second-order valence-electron chi connectivity index (χ2n) is 6.89. The topological polar surface area (TPSA) is 21.8 Å². The summed E-state index contributed by atoms with van der Waals surface area (Å²) in [6.45, 7) is 16.6. The molecule has 0 aromatic rings. The lowest BCUT2D eigenvalue weighted by Gasteiger charge is -2.38. The molecule has 0 spiro atoms. The highest BCUT2D eigenvalue weighted by atomic mass is 15.3. The van der Waals surface area contributed by atoms with Gasteiger partial charge in [0.2, 0.25) is 0 Å². The fourth-order valence-electron chi connectivity index (χ4n) is 2.87. The molecule has 1 fully saturated rings. The van der Waals surface area contributed by atoms with Crippen molar-refractivity contribution >= 4 is 0 Å². The summed E-state index contributed by atoms with van der Waals surface area (Å²) in [5.41, 5.74) is 0. The maximum atomic E-state index is 3.76. The van der Waals surface area contributed by atoms with Crippen molar-refractivity contribution in [3.8, 4) is 0 Å². The predicted molar refractivity (Wildman–Crippen MR) is 93.0 cm³/mol. The second-order valence-corrected chi connectivity index (χ2v) is 6.89. The Morgan fingerprint density at radius 3 is 2.19 bits per heavy atom. The molecule has 0 amide bonds. The van der Waals surface area contributed by atoms with Crippen molar-refractivity contribution in [2.75, 3.05) is 66.5 Å². The van der Waals surface area contributed by atoms with Crippen LogP contribution in [0.25, 0.3) is 0 Å². The van der Waals surface area contributed by atoms with Gasteiger partial charge in [-0.2, -0.15) is 0 Å². The van der Waals surface area contributed by atoms with E-state index in [0.717, 1.165) is 12.5 Å². The van der Waals surface area contributed by atoms with Crippen molar-refractivity contribution in [1.29, 1.82) is 0 Å². The molecule has 0 radical (unpaired) electrons. The fourth-order valence-corrected chi connectivity index (χ4v) is 2.87. The van der Waals surface area contributed by atoms with E-state index < -0.39 is 0 Å². The molecule has 1 aliphatic heterocycles. The summed E-state index contributed by atoms with van der Waals surface area (Å²) >= 11 is 0. The Balaban J connectivity index is 2.31. The predicted octanol–water partition coefficient (Wildman–Crippen LogP) is 1.58. The lowest BCUT2D eigenvalue weighted by atomic mass is 9.98. The number of nitrogens with zero attached hydrogens (tertiary/aromatic N) is 3. The molecule has 1 saturated heterocycles. The van der Waals surface area contributed by atoms with E-state index >= 15 is 0 Å². The number of rotatable bonds is 10. The van der Waals surface area contributed by atoms with E-state index in [9.17, 15) is 0 Å². The van der Waals surface area contributed by atoms with E-state index in [2.05, 4.69) is 54.9 Å². The molecule has 1 rings (SSSR count). The summed E-state index contributed by atoms with van der Waals surface area (Å²) in [6, 6.07) is 0.656. The summed E-state index contributed by atoms with van der Waals surface area (Å²) in [6.07, 6.45) is 2.50. The van der Waals surface area contributed by atoms with Crippen LogP contribution in [0.4, 0.5) is 0 Å². The highest BCUT2D eigenvalue weighted by molar-refractivity contribution is 4.80. The molecule has 21 heavy (non-hydrogen) atoms. The zero-order valence-corrected chi connectivity index (χ0v) is 15.1. The zero-order valence-electron chi connectivity index (χ0n) is 15.1. The Morgan fingerprint density at radius 2 is 1.67 bits per heavy atom. The van der Waals surface area contributed by atoms with Crippen LogP contribution in [-0.2, 0) is 0 Å². The number of hydrogen-bond acceptors (Lipinski definition) is 4. The van der Waals surface area contributed by atoms with Gasteiger partial charge in [-0.15, -0.1) is 0 Å². The molecule has 0 saturated carbocycles. The largest absolute Gasteiger partial charge is 0.312 e. The molecule has 2 atom stereocenters. The Kier molecular flexibility index (Phi) is 9.49. The molecular weight excluding hydrogens is 260 g/mol. The Bertz CT molecular complexity index is 249. The molecule has 4 nitrogen and oxygen atoms in total. The van der Waals surface area contributed by atoms with Gasteiger partial charge in [-0.25, -0.2) is 0 Å². The van der Waals surface area contributed by atoms with Gasteiger partial charge in [-0.1, -0.05) is 27.2 Å². The molecule has 126 valence electrons. The zero-order chi connectivity index (χ0) is 15.7. The summed E-state index contributed by atoms with van der Waals surface area (Å²) in [5.74, 6) is 0.767. The third kappa shape index (κ3) is 7.59. The van der Waals surface area contributed by atoms with E-state index in [-0.39, 0.29) is 0 Å². The minimum absolute atomic E-state index is 0.656. The first-order valence-corrected chi connectivity index (χ1v) is 8.89. The molecule has 1 aliphatic rings. The van der Waals surface area contributed by atoms with Crippen LogP contribution in [0.15, 0.2) is 0 Å². The van der Waals surface area contributed by atoms with Crippen LogP contribution in [-0.4, -0.2) is 87.2 Å². The number of piperazine rings is 1. The smallest absolute Gasteiger partial charge is 0.0220 e. The van der Waals surface area contributed by atoms with Gasteiger partial charge < -0.3 is 10.2 Å². The average molecular weight is 299 g/mol. The normalized spacial score (nSPS) is 20.9. The first-order valence-electron chi connectivity index (χ1n) is 8.89. The van der Waals surface area contributed by atoms with Crippen molar-refractivity contribution < 1.29 is 0 Å². The van der Waals surface area contributed by atoms with Crippen LogP contribution in [0.5, 0.6) is 0 Å². The summed E-state index contributed by atoms with van der Waals surface area (Å²) in [7, 11) is 4.32. The van der Waals surface area contributed by atoms with Crippen molar-refractivity contribution in [1.82, 2.24) is 20.0 Å². The molecule has 0 aliphatic carbocycles. The first-order chi connectivity index (χ1) is 10.1. The molecule has 2 unspecified atom stereocenters. The summed E-state index contributed by atoms with van der Waals surface area (Å²) in [4.78, 5) is 7.54. The van der Waals surface area contributed by atoms with E-state index in [4.69, 9.17) is 0 Å². The lowest BCUT2D eigenvalue weighted by molar-refractivity contribution is 0.109. The van der Waals surface area contributed by atoms with Crippen LogP contribution >= 0.6 is 0 Å². The molecule has 1 N–H and O–H groups in total. The van der Waals surface area contributed by atoms with Gasteiger partial charge >= 0.3 is 0 Å². The van der Waals surface area contributed by atoms with Crippen LogP contribution < -0.4 is 5.32 Å². The molecule has 4 heteroatoms. The summed E-state index contributed by atoms with van der Waals surface area (Å²) < 4.78 is 0. The molecule has 1 heterocycles. The van der Waals surface area contributed by atoms with Crippen LogP contribution in [0, 0.1) is 5.92 Å². The van der Waals surface area contributed by atoms with Crippen LogP contribution in [0.2, 0.25) is 0 Å². The van der Waals surface area contributed by atoms with Gasteiger partial charge in [-0.05, 0) is 33.0 Å².